The average Bonchev–Trinajstić information content (AvgIpc) is 2.51. The first kappa shape index (κ1) is 13.7. The van der Waals surface area contributed by atoms with Crippen LogP contribution in [0.15, 0.2) is 47.3 Å². The van der Waals surface area contributed by atoms with Gasteiger partial charge in [-0.3, -0.25) is 4.79 Å². The zero-order valence-electron chi connectivity index (χ0n) is 11.7. The second-order valence-corrected chi connectivity index (χ2v) is 5.31. The number of benzene rings is 2. The van der Waals surface area contributed by atoms with E-state index in [1.165, 1.54) is 0 Å². The number of hydrogen-bond acceptors (Lipinski definition) is 2. The highest BCUT2D eigenvalue weighted by atomic mass is 35.5. The molecular formula is C17H14ClNO2. The molecule has 0 saturated heterocycles. The van der Waals surface area contributed by atoms with Crippen molar-refractivity contribution in [2.45, 2.75) is 6.92 Å². The summed E-state index contributed by atoms with van der Waals surface area (Å²) in [6.45, 7) is 1.82. The van der Waals surface area contributed by atoms with Gasteiger partial charge < -0.3 is 9.72 Å². The molecule has 0 saturated carbocycles. The molecule has 21 heavy (non-hydrogen) atoms. The van der Waals surface area contributed by atoms with E-state index in [4.69, 9.17) is 16.3 Å². The molecular weight excluding hydrogens is 286 g/mol. The number of ether oxygens (including phenoxy) is 1. The number of methoxy groups -OCH3 is 1. The first-order valence-corrected chi connectivity index (χ1v) is 6.94. The second kappa shape index (κ2) is 5.26. The molecule has 0 aliphatic rings. The predicted molar refractivity (Wildman–Crippen MR) is 86.3 cm³/mol. The molecule has 1 heterocycles. The lowest BCUT2D eigenvalue weighted by molar-refractivity contribution is 0.415. The fourth-order valence-corrected chi connectivity index (χ4v) is 2.58. The van der Waals surface area contributed by atoms with Gasteiger partial charge in [-0.05, 0) is 55.0 Å². The largest absolute Gasteiger partial charge is 0.497 e. The summed E-state index contributed by atoms with van der Waals surface area (Å²) in [6, 6.07) is 12.9. The number of hydrogen-bond donors (Lipinski definition) is 1. The van der Waals surface area contributed by atoms with E-state index >= 15 is 0 Å². The number of aromatic nitrogens is 1. The molecule has 0 amide bonds. The van der Waals surface area contributed by atoms with Crippen molar-refractivity contribution in [1.82, 2.24) is 4.98 Å². The van der Waals surface area contributed by atoms with E-state index in [9.17, 15) is 4.79 Å². The summed E-state index contributed by atoms with van der Waals surface area (Å²) in [4.78, 5) is 15.8. The number of H-pyrrole nitrogens is 1. The molecule has 0 spiro atoms. The molecule has 0 aliphatic carbocycles. The average molecular weight is 300 g/mol. The minimum atomic E-state index is -0.00271. The summed E-state index contributed by atoms with van der Waals surface area (Å²) in [5.74, 6) is 0.784. The lowest BCUT2D eigenvalue weighted by Crippen LogP contribution is -2.09. The standard InChI is InChI=1S/C17H14ClNO2/c1-10-16(11-3-6-13(21-2)7-4-11)19-15-8-5-12(18)9-14(15)17(10)20/h3-9H,1-2H3,(H,19,20). The third-order valence-corrected chi connectivity index (χ3v) is 3.82. The molecule has 106 valence electrons. The van der Waals surface area contributed by atoms with Gasteiger partial charge in [0, 0.05) is 21.5 Å². The van der Waals surface area contributed by atoms with Crippen LogP contribution in [0.4, 0.5) is 0 Å². The Morgan fingerprint density at radius 2 is 1.81 bits per heavy atom. The van der Waals surface area contributed by atoms with Gasteiger partial charge in [0.05, 0.1) is 12.8 Å². The molecule has 0 atom stereocenters. The molecule has 1 N–H and O–H groups in total. The fourth-order valence-electron chi connectivity index (χ4n) is 2.40. The normalized spacial score (nSPS) is 10.8. The van der Waals surface area contributed by atoms with E-state index in [-0.39, 0.29) is 5.43 Å². The van der Waals surface area contributed by atoms with Gasteiger partial charge in [-0.1, -0.05) is 11.6 Å². The van der Waals surface area contributed by atoms with Crippen molar-refractivity contribution in [1.29, 1.82) is 0 Å². The van der Waals surface area contributed by atoms with Crippen molar-refractivity contribution in [3.05, 3.63) is 63.3 Å². The topological polar surface area (TPSA) is 42.1 Å². The van der Waals surface area contributed by atoms with Gasteiger partial charge in [0.25, 0.3) is 0 Å². The van der Waals surface area contributed by atoms with E-state index in [0.717, 1.165) is 22.5 Å². The predicted octanol–water partition coefficient (Wildman–Crippen LogP) is 4.17. The molecule has 3 aromatic rings. The summed E-state index contributed by atoms with van der Waals surface area (Å²) >= 11 is 5.97. The third-order valence-electron chi connectivity index (χ3n) is 3.58. The Kier molecular flexibility index (Phi) is 3.43. The summed E-state index contributed by atoms with van der Waals surface area (Å²) < 4.78 is 5.16. The van der Waals surface area contributed by atoms with Crippen molar-refractivity contribution in [2.24, 2.45) is 0 Å². The van der Waals surface area contributed by atoms with Crippen LogP contribution in [0.1, 0.15) is 5.56 Å². The van der Waals surface area contributed by atoms with E-state index in [2.05, 4.69) is 4.98 Å². The van der Waals surface area contributed by atoms with Crippen molar-refractivity contribution in [2.75, 3.05) is 7.11 Å². The SMILES string of the molecule is COc1ccc(-c2[nH]c3ccc(Cl)cc3c(=O)c2C)cc1. The van der Waals surface area contributed by atoms with E-state index < -0.39 is 0 Å². The lowest BCUT2D eigenvalue weighted by atomic mass is 10.0. The van der Waals surface area contributed by atoms with Crippen LogP contribution in [-0.4, -0.2) is 12.1 Å². The summed E-state index contributed by atoms with van der Waals surface area (Å²) in [7, 11) is 1.63. The zero-order valence-corrected chi connectivity index (χ0v) is 12.5. The Balaban J connectivity index is 2.25. The smallest absolute Gasteiger partial charge is 0.192 e. The zero-order chi connectivity index (χ0) is 15.0. The molecule has 0 fully saturated rings. The molecule has 3 nitrogen and oxygen atoms in total. The van der Waals surface area contributed by atoms with Gasteiger partial charge in [-0.15, -0.1) is 0 Å². The van der Waals surface area contributed by atoms with E-state index in [1.54, 1.807) is 19.2 Å². The Morgan fingerprint density at radius 3 is 2.48 bits per heavy atom. The molecule has 3 rings (SSSR count). The van der Waals surface area contributed by atoms with Crippen LogP contribution in [-0.2, 0) is 0 Å². The Hall–Kier alpha value is -2.26. The highest BCUT2D eigenvalue weighted by Gasteiger charge is 2.10. The Labute approximate surface area is 127 Å². The van der Waals surface area contributed by atoms with Crippen LogP contribution in [0.5, 0.6) is 5.75 Å². The van der Waals surface area contributed by atoms with Gasteiger partial charge >= 0.3 is 0 Å². The van der Waals surface area contributed by atoms with E-state index in [1.807, 2.05) is 37.3 Å². The third kappa shape index (κ3) is 2.41. The van der Waals surface area contributed by atoms with Gasteiger partial charge in [0.2, 0.25) is 0 Å². The Bertz CT molecular complexity index is 866. The number of nitrogens with one attached hydrogen (secondary N) is 1. The van der Waals surface area contributed by atoms with Crippen molar-refractivity contribution in [3.63, 3.8) is 0 Å². The highest BCUT2D eigenvalue weighted by molar-refractivity contribution is 6.31. The first-order valence-electron chi connectivity index (χ1n) is 6.56. The van der Waals surface area contributed by atoms with Crippen LogP contribution >= 0.6 is 11.6 Å². The number of aromatic amines is 1. The van der Waals surface area contributed by atoms with Crippen molar-refractivity contribution < 1.29 is 4.74 Å². The molecule has 0 bridgehead atoms. The maximum atomic E-state index is 12.5. The summed E-state index contributed by atoms with van der Waals surface area (Å²) in [5, 5.41) is 1.17. The summed E-state index contributed by atoms with van der Waals surface area (Å²) in [6.07, 6.45) is 0. The molecule has 0 radical (unpaired) electrons. The van der Waals surface area contributed by atoms with Gasteiger partial charge in [0.1, 0.15) is 5.75 Å². The van der Waals surface area contributed by atoms with Crippen LogP contribution < -0.4 is 10.2 Å². The maximum absolute atomic E-state index is 12.5. The minimum absolute atomic E-state index is 0.00271. The van der Waals surface area contributed by atoms with Crippen LogP contribution in [0.2, 0.25) is 5.02 Å². The molecule has 0 aliphatic heterocycles. The number of fused-ring (bicyclic) bond motifs is 1. The molecule has 2 aromatic carbocycles. The number of rotatable bonds is 2. The van der Waals surface area contributed by atoms with Gasteiger partial charge in [-0.2, -0.15) is 0 Å². The lowest BCUT2D eigenvalue weighted by Gasteiger charge is -2.09. The molecule has 1 aromatic heterocycles. The van der Waals surface area contributed by atoms with Crippen LogP contribution in [0.25, 0.3) is 22.2 Å². The second-order valence-electron chi connectivity index (χ2n) is 4.87. The van der Waals surface area contributed by atoms with Crippen molar-refractivity contribution >= 4 is 22.5 Å². The molecule has 4 heteroatoms. The monoisotopic (exact) mass is 299 g/mol. The number of halogens is 1. The molecule has 0 unspecified atom stereocenters. The van der Waals surface area contributed by atoms with Crippen molar-refractivity contribution in [3.8, 4) is 17.0 Å². The minimum Gasteiger partial charge on any atom is -0.497 e. The first-order chi connectivity index (χ1) is 10.1. The summed E-state index contributed by atoms with van der Waals surface area (Å²) in [5.41, 5.74) is 3.22. The van der Waals surface area contributed by atoms with Gasteiger partial charge in [-0.25, -0.2) is 0 Å². The fraction of sp³-hybridized carbons (Fsp3) is 0.118. The Morgan fingerprint density at radius 1 is 1.10 bits per heavy atom. The quantitative estimate of drug-likeness (QED) is 0.772. The van der Waals surface area contributed by atoms with Crippen LogP contribution in [0, 0.1) is 6.92 Å². The maximum Gasteiger partial charge on any atom is 0.192 e. The van der Waals surface area contributed by atoms with Gasteiger partial charge in [0.15, 0.2) is 5.43 Å². The highest BCUT2D eigenvalue weighted by Crippen LogP contribution is 2.25. The van der Waals surface area contributed by atoms with Crippen LogP contribution in [0.3, 0.4) is 0 Å². The number of pyridine rings is 1. The van der Waals surface area contributed by atoms with E-state index in [0.29, 0.717) is 16.0 Å².